The van der Waals surface area contributed by atoms with Crippen molar-refractivity contribution in [3.63, 3.8) is 0 Å². The Bertz CT molecular complexity index is 772. The van der Waals surface area contributed by atoms with Crippen molar-refractivity contribution in [3.8, 4) is 5.75 Å². The number of hydrogen-bond acceptors (Lipinski definition) is 6. The Morgan fingerprint density at radius 3 is 2.12 bits per heavy atom. The zero-order chi connectivity index (χ0) is 18.9. The van der Waals surface area contributed by atoms with Gasteiger partial charge in [-0.15, -0.1) is 0 Å². The second-order valence-electron chi connectivity index (χ2n) is 3.84. The molecule has 0 unspecified atom stereocenters. The van der Waals surface area contributed by atoms with E-state index in [1.807, 2.05) is 0 Å². The molecular formula is C9H4F6N2O6S. The maximum absolute atomic E-state index is 12.2. The predicted molar refractivity (Wildman–Crippen MR) is 63.4 cm³/mol. The van der Waals surface area contributed by atoms with Gasteiger partial charge in [0, 0.05) is 6.07 Å². The second kappa shape index (κ2) is 6.14. The first kappa shape index (κ1) is 19.5. The lowest BCUT2D eigenvalue weighted by atomic mass is 10.2. The first-order chi connectivity index (χ1) is 10.7. The van der Waals surface area contributed by atoms with E-state index in [0.29, 0.717) is 18.2 Å². The van der Waals surface area contributed by atoms with Crippen molar-refractivity contribution in [1.29, 1.82) is 0 Å². The number of para-hydroxylation sites is 1. The highest BCUT2D eigenvalue weighted by molar-refractivity contribution is 7.88. The molecular weight excluding hydrogens is 378 g/mol. The van der Waals surface area contributed by atoms with Gasteiger partial charge in [-0.05, 0) is 6.07 Å². The van der Waals surface area contributed by atoms with Crippen LogP contribution < -0.4 is 9.50 Å². The lowest BCUT2D eigenvalue weighted by Gasteiger charge is -2.14. The summed E-state index contributed by atoms with van der Waals surface area (Å²) in [4.78, 5) is 20.2. The number of nitrogens with one attached hydrogen (secondary N) is 1. The van der Waals surface area contributed by atoms with E-state index in [2.05, 4.69) is 4.18 Å². The summed E-state index contributed by atoms with van der Waals surface area (Å²) in [7, 11) is -6.34. The number of carbonyl (C=O) groups is 1. The van der Waals surface area contributed by atoms with E-state index >= 15 is 0 Å². The molecule has 0 saturated heterocycles. The van der Waals surface area contributed by atoms with Crippen molar-refractivity contribution in [3.05, 3.63) is 28.3 Å². The SMILES string of the molecule is O=C(Nc1c(OS(=O)(=O)C(F)(F)F)cccc1[N+](=O)[O-])C(F)(F)F. The molecule has 1 aromatic carbocycles. The molecule has 0 saturated carbocycles. The molecule has 0 aliphatic rings. The van der Waals surface area contributed by atoms with Crippen LogP contribution in [0.15, 0.2) is 18.2 Å². The van der Waals surface area contributed by atoms with Crippen molar-refractivity contribution in [1.82, 2.24) is 0 Å². The Labute approximate surface area is 128 Å². The minimum Gasteiger partial charge on any atom is -0.374 e. The first-order valence-corrected chi connectivity index (χ1v) is 6.74. The van der Waals surface area contributed by atoms with Gasteiger partial charge in [0.2, 0.25) is 0 Å². The average Bonchev–Trinajstić information content (AvgIpc) is 2.37. The highest BCUT2D eigenvalue weighted by Gasteiger charge is 2.49. The van der Waals surface area contributed by atoms with Crippen LogP contribution in [0.2, 0.25) is 0 Å². The first-order valence-electron chi connectivity index (χ1n) is 5.33. The van der Waals surface area contributed by atoms with Crippen LogP contribution in [0, 0.1) is 10.1 Å². The minimum absolute atomic E-state index is 0.391. The van der Waals surface area contributed by atoms with Crippen LogP contribution in [0.5, 0.6) is 5.75 Å². The number of benzene rings is 1. The monoisotopic (exact) mass is 382 g/mol. The zero-order valence-corrected chi connectivity index (χ0v) is 11.6. The quantitative estimate of drug-likeness (QED) is 0.281. The van der Waals surface area contributed by atoms with Gasteiger partial charge < -0.3 is 9.50 Å². The fraction of sp³-hybridized carbons (Fsp3) is 0.222. The van der Waals surface area contributed by atoms with Crippen molar-refractivity contribution in [2.75, 3.05) is 5.32 Å². The Hall–Kier alpha value is -2.58. The van der Waals surface area contributed by atoms with Gasteiger partial charge >= 0.3 is 27.7 Å². The molecule has 0 aliphatic carbocycles. The fourth-order valence-corrected chi connectivity index (χ4v) is 1.69. The summed E-state index contributed by atoms with van der Waals surface area (Å²) in [5, 5.41) is 11.6. The van der Waals surface area contributed by atoms with Crippen LogP contribution in [-0.4, -0.2) is 30.9 Å². The maximum Gasteiger partial charge on any atom is 0.534 e. The van der Waals surface area contributed by atoms with Gasteiger partial charge in [-0.2, -0.15) is 34.8 Å². The highest BCUT2D eigenvalue weighted by atomic mass is 32.2. The summed E-state index contributed by atoms with van der Waals surface area (Å²) >= 11 is 0. The van der Waals surface area contributed by atoms with Crippen molar-refractivity contribution >= 4 is 27.4 Å². The number of nitrogens with zero attached hydrogens (tertiary/aromatic N) is 1. The lowest BCUT2D eigenvalue weighted by Crippen LogP contribution is -2.31. The Balaban J connectivity index is 3.44. The number of rotatable bonds is 4. The number of carbonyl (C=O) groups excluding carboxylic acids is 1. The van der Waals surface area contributed by atoms with Crippen LogP contribution in [0.3, 0.4) is 0 Å². The number of anilines is 1. The number of alkyl halides is 6. The van der Waals surface area contributed by atoms with E-state index in [1.54, 1.807) is 0 Å². The molecule has 1 N–H and O–H groups in total. The molecule has 0 spiro atoms. The Morgan fingerprint density at radius 1 is 1.17 bits per heavy atom. The molecule has 1 rings (SSSR count). The maximum atomic E-state index is 12.2. The molecule has 0 heterocycles. The van der Waals surface area contributed by atoms with Crippen LogP contribution in [0.4, 0.5) is 37.7 Å². The Kier molecular flexibility index (Phi) is 4.98. The number of amides is 1. The molecule has 0 fully saturated rings. The van der Waals surface area contributed by atoms with Gasteiger partial charge in [0.05, 0.1) is 4.92 Å². The highest BCUT2D eigenvalue weighted by Crippen LogP contribution is 2.38. The molecule has 134 valence electrons. The number of halogens is 6. The third-order valence-electron chi connectivity index (χ3n) is 2.18. The van der Waals surface area contributed by atoms with Crippen molar-refractivity contribution in [2.24, 2.45) is 0 Å². The number of nitro groups is 1. The van der Waals surface area contributed by atoms with Crippen LogP contribution in [-0.2, 0) is 14.9 Å². The normalized spacial score (nSPS) is 12.6. The molecule has 15 heteroatoms. The molecule has 1 aromatic rings. The van der Waals surface area contributed by atoms with Crippen molar-refractivity contribution < 1.29 is 48.7 Å². The molecule has 0 radical (unpaired) electrons. The Morgan fingerprint density at radius 2 is 1.71 bits per heavy atom. The van der Waals surface area contributed by atoms with E-state index in [1.165, 1.54) is 0 Å². The van der Waals surface area contributed by atoms with E-state index < -0.39 is 49.8 Å². The molecule has 0 aliphatic heterocycles. The largest absolute Gasteiger partial charge is 0.534 e. The molecule has 1 amide bonds. The van der Waals surface area contributed by atoms with Gasteiger partial charge in [-0.3, -0.25) is 14.9 Å². The lowest BCUT2D eigenvalue weighted by molar-refractivity contribution is -0.384. The molecule has 0 bridgehead atoms. The summed E-state index contributed by atoms with van der Waals surface area (Å²) in [6, 6.07) is 1.55. The predicted octanol–water partition coefficient (Wildman–Crippen LogP) is 2.32. The van der Waals surface area contributed by atoms with Crippen molar-refractivity contribution in [2.45, 2.75) is 11.7 Å². The van der Waals surface area contributed by atoms with Crippen LogP contribution >= 0.6 is 0 Å². The van der Waals surface area contributed by atoms with Gasteiger partial charge in [-0.25, -0.2) is 0 Å². The third-order valence-corrected chi connectivity index (χ3v) is 3.15. The zero-order valence-electron chi connectivity index (χ0n) is 10.8. The molecule has 0 atom stereocenters. The summed E-state index contributed by atoms with van der Waals surface area (Å²) < 4.78 is 98.7. The number of nitro benzene ring substituents is 1. The minimum atomic E-state index is -6.34. The van der Waals surface area contributed by atoms with E-state index in [9.17, 15) is 49.7 Å². The second-order valence-corrected chi connectivity index (χ2v) is 5.38. The standard InChI is InChI=1S/C9H4F6N2O6S/c10-8(11,12)7(18)16-6-4(17(19)20)2-1-3-5(6)23-24(21,22)9(13,14)15/h1-3H,(H,16,18). The molecule has 8 nitrogen and oxygen atoms in total. The van der Waals surface area contributed by atoms with Gasteiger partial charge in [0.15, 0.2) is 11.4 Å². The molecule has 0 aromatic heterocycles. The topological polar surface area (TPSA) is 116 Å². The van der Waals surface area contributed by atoms with Gasteiger partial charge in [0.1, 0.15) is 0 Å². The van der Waals surface area contributed by atoms with E-state index in [-0.39, 0.29) is 0 Å². The van der Waals surface area contributed by atoms with Gasteiger partial charge in [-0.1, -0.05) is 6.07 Å². The fourth-order valence-electron chi connectivity index (χ4n) is 1.22. The number of hydrogen-bond donors (Lipinski definition) is 1. The molecule has 24 heavy (non-hydrogen) atoms. The third kappa shape index (κ3) is 4.24. The summed E-state index contributed by atoms with van der Waals surface area (Å²) in [6.07, 6.45) is -5.55. The summed E-state index contributed by atoms with van der Waals surface area (Å²) in [5.74, 6) is -4.30. The van der Waals surface area contributed by atoms with Gasteiger partial charge in [0.25, 0.3) is 5.69 Å². The van der Waals surface area contributed by atoms with E-state index in [0.717, 1.165) is 5.32 Å². The summed E-state index contributed by atoms with van der Waals surface area (Å²) in [6.45, 7) is 0. The van der Waals surface area contributed by atoms with E-state index in [4.69, 9.17) is 0 Å². The van der Waals surface area contributed by atoms with Crippen LogP contribution in [0.25, 0.3) is 0 Å². The summed E-state index contributed by atoms with van der Waals surface area (Å²) in [5.41, 5.74) is -8.77. The smallest absolute Gasteiger partial charge is 0.374 e. The average molecular weight is 382 g/mol. The van der Waals surface area contributed by atoms with Crippen LogP contribution in [0.1, 0.15) is 0 Å².